The van der Waals surface area contributed by atoms with Crippen LogP contribution in [0, 0.1) is 0 Å². The molecule has 0 aliphatic heterocycles. The zero-order chi connectivity index (χ0) is 13.9. The minimum Gasteiger partial charge on any atom is -0.382 e. The molecular formula is C16H12ClN3. The van der Waals surface area contributed by atoms with Gasteiger partial charge in [-0.1, -0.05) is 35.9 Å². The number of rotatable bonds is 2. The molecule has 0 unspecified atom stereocenters. The normalized spacial score (nSPS) is 11.8. The second-order valence-electron chi connectivity index (χ2n) is 4.36. The molecule has 3 rings (SSSR count). The van der Waals surface area contributed by atoms with Gasteiger partial charge in [0.25, 0.3) is 0 Å². The Labute approximate surface area is 121 Å². The highest BCUT2D eigenvalue weighted by molar-refractivity contribution is 6.30. The standard InChI is InChI=1S/C16H12ClN3/c17-12-6-8-13(9-7-12)19-16(18)15-10-5-11-3-1-2-4-14(11)20-15/h1-10H,(H2,18,19). The number of nitrogens with two attached hydrogens (primary N) is 1. The van der Waals surface area contributed by atoms with Crippen molar-refractivity contribution in [3.63, 3.8) is 0 Å². The Kier molecular flexibility index (Phi) is 3.35. The minimum absolute atomic E-state index is 0.387. The predicted octanol–water partition coefficient (Wildman–Crippen LogP) is 3.93. The van der Waals surface area contributed by atoms with Crippen LogP contribution in [0.5, 0.6) is 0 Å². The van der Waals surface area contributed by atoms with Crippen molar-refractivity contribution in [2.45, 2.75) is 0 Å². The van der Waals surface area contributed by atoms with Crippen molar-refractivity contribution < 1.29 is 0 Å². The van der Waals surface area contributed by atoms with E-state index in [1.807, 2.05) is 48.5 Å². The summed E-state index contributed by atoms with van der Waals surface area (Å²) in [6, 6.07) is 18.9. The Morgan fingerprint density at radius 3 is 2.50 bits per heavy atom. The molecule has 3 nitrogen and oxygen atoms in total. The molecule has 98 valence electrons. The van der Waals surface area contributed by atoms with E-state index in [0.717, 1.165) is 16.6 Å². The van der Waals surface area contributed by atoms with Crippen LogP contribution in [0.1, 0.15) is 5.69 Å². The van der Waals surface area contributed by atoms with Gasteiger partial charge in [0.15, 0.2) is 0 Å². The van der Waals surface area contributed by atoms with E-state index in [2.05, 4.69) is 9.98 Å². The van der Waals surface area contributed by atoms with Gasteiger partial charge < -0.3 is 5.73 Å². The summed E-state index contributed by atoms with van der Waals surface area (Å²) >= 11 is 5.84. The summed E-state index contributed by atoms with van der Waals surface area (Å²) in [7, 11) is 0. The van der Waals surface area contributed by atoms with E-state index >= 15 is 0 Å². The summed E-state index contributed by atoms with van der Waals surface area (Å²) in [5.41, 5.74) is 8.33. The van der Waals surface area contributed by atoms with Gasteiger partial charge in [0.1, 0.15) is 11.5 Å². The molecule has 0 fully saturated rings. The SMILES string of the molecule is NC(=Nc1ccc(Cl)cc1)c1ccc2ccccc2n1. The lowest BCUT2D eigenvalue weighted by molar-refractivity contribution is 1.33. The van der Waals surface area contributed by atoms with Crippen molar-refractivity contribution in [1.29, 1.82) is 0 Å². The van der Waals surface area contributed by atoms with Crippen molar-refractivity contribution in [3.8, 4) is 0 Å². The molecule has 0 spiro atoms. The number of benzene rings is 2. The fourth-order valence-corrected chi connectivity index (χ4v) is 2.05. The van der Waals surface area contributed by atoms with Crippen molar-refractivity contribution in [3.05, 3.63) is 71.4 Å². The first-order valence-electron chi connectivity index (χ1n) is 6.18. The number of fused-ring (bicyclic) bond motifs is 1. The summed E-state index contributed by atoms with van der Waals surface area (Å²) in [6.45, 7) is 0. The zero-order valence-electron chi connectivity index (χ0n) is 10.6. The number of halogens is 1. The monoisotopic (exact) mass is 281 g/mol. The number of aromatic nitrogens is 1. The van der Waals surface area contributed by atoms with Crippen LogP contribution in [0.4, 0.5) is 5.69 Å². The Bertz CT molecular complexity index is 779. The van der Waals surface area contributed by atoms with Crippen molar-refractivity contribution in [1.82, 2.24) is 4.98 Å². The Balaban J connectivity index is 1.99. The molecule has 0 saturated heterocycles. The number of hydrogen-bond acceptors (Lipinski definition) is 2. The van der Waals surface area contributed by atoms with E-state index in [9.17, 15) is 0 Å². The number of amidine groups is 1. The minimum atomic E-state index is 0.387. The van der Waals surface area contributed by atoms with Gasteiger partial charge in [-0.2, -0.15) is 0 Å². The van der Waals surface area contributed by atoms with E-state index in [-0.39, 0.29) is 0 Å². The molecular weight excluding hydrogens is 270 g/mol. The first kappa shape index (κ1) is 12.6. The van der Waals surface area contributed by atoms with Crippen molar-refractivity contribution in [2.75, 3.05) is 0 Å². The molecule has 2 aromatic carbocycles. The first-order chi connectivity index (χ1) is 9.72. The molecule has 3 aromatic rings. The second kappa shape index (κ2) is 5.31. The first-order valence-corrected chi connectivity index (χ1v) is 6.56. The third kappa shape index (κ3) is 2.63. The highest BCUT2D eigenvalue weighted by atomic mass is 35.5. The second-order valence-corrected chi connectivity index (χ2v) is 4.80. The maximum Gasteiger partial charge on any atom is 0.150 e. The molecule has 0 aliphatic rings. The predicted molar refractivity (Wildman–Crippen MR) is 83.6 cm³/mol. The van der Waals surface area contributed by atoms with Gasteiger partial charge >= 0.3 is 0 Å². The molecule has 0 atom stereocenters. The summed E-state index contributed by atoms with van der Waals surface area (Å²) in [4.78, 5) is 8.86. The number of nitrogens with zero attached hydrogens (tertiary/aromatic N) is 2. The molecule has 1 aromatic heterocycles. The number of hydrogen-bond donors (Lipinski definition) is 1. The van der Waals surface area contributed by atoms with E-state index in [1.165, 1.54) is 0 Å². The molecule has 0 bridgehead atoms. The summed E-state index contributed by atoms with van der Waals surface area (Å²) in [5.74, 6) is 0.387. The van der Waals surface area contributed by atoms with Gasteiger partial charge in [0.2, 0.25) is 0 Å². The summed E-state index contributed by atoms with van der Waals surface area (Å²) < 4.78 is 0. The van der Waals surface area contributed by atoms with Gasteiger partial charge in [-0.05, 0) is 36.4 Å². The van der Waals surface area contributed by atoms with Gasteiger partial charge in [-0.25, -0.2) is 9.98 Å². The molecule has 4 heteroatoms. The van der Waals surface area contributed by atoms with Gasteiger partial charge in [-0.3, -0.25) is 0 Å². The third-order valence-corrected chi connectivity index (χ3v) is 3.19. The lowest BCUT2D eigenvalue weighted by atomic mass is 10.2. The quantitative estimate of drug-likeness (QED) is 0.572. The largest absolute Gasteiger partial charge is 0.382 e. The maximum atomic E-state index is 6.01. The van der Waals surface area contributed by atoms with Crippen molar-refractivity contribution >= 4 is 34.0 Å². The average Bonchev–Trinajstić information content (AvgIpc) is 2.49. The van der Waals surface area contributed by atoms with Crippen LogP contribution in [0.2, 0.25) is 5.02 Å². The molecule has 2 N–H and O–H groups in total. The Morgan fingerprint density at radius 1 is 0.950 bits per heavy atom. The number of aliphatic imine (C=N–C) groups is 1. The smallest absolute Gasteiger partial charge is 0.150 e. The van der Waals surface area contributed by atoms with E-state index < -0.39 is 0 Å². The average molecular weight is 282 g/mol. The third-order valence-electron chi connectivity index (χ3n) is 2.94. The topological polar surface area (TPSA) is 51.3 Å². The van der Waals surface area contributed by atoms with Gasteiger partial charge in [0.05, 0.1) is 11.2 Å². The number of para-hydroxylation sites is 1. The Morgan fingerprint density at radius 2 is 1.70 bits per heavy atom. The molecule has 0 aliphatic carbocycles. The highest BCUT2D eigenvalue weighted by Crippen LogP contribution is 2.17. The summed E-state index contributed by atoms with van der Waals surface area (Å²) in [6.07, 6.45) is 0. The molecule has 0 radical (unpaired) electrons. The van der Waals surface area contributed by atoms with Crippen LogP contribution in [-0.2, 0) is 0 Å². The van der Waals surface area contributed by atoms with Gasteiger partial charge in [0, 0.05) is 10.4 Å². The van der Waals surface area contributed by atoms with Crippen LogP contribution >= 0.6 is 11.6 Å². The van der Waals surface area contributed by atoms with E-state index in [0.29, 0.717) is 16.6 Å². The van der Waals surface area contributed by atoms with Crippen LogP contribution in [0.3, 0.4) is 0 Å². The lowest BCUT2D eigenvalue weighted by Gasteiger charge is -2.03. The Hall–Kier alpha value is -2.39. The van der Waals surface area contributed by atoms with Crippen molar-refractivity contribution in [2.24, 2.45) is 10.7 Å². The fourth-order valence-electron chi connectivity index (χ4n) is 1.92. The molecule has 0 saturated carbocycles. The van der Waals surface area contributed by atoms with Crippen LogP contribution in [-0.4, -0.2) is 10.8 Å². The summed E-state index contributed by atoms with van der Waals surface area (Å²) in [5, 5.41) is 1.75. The van der Waals surface area contributed by atoms with E-state index in [4.69, 9.17) is 17.3 Å². The zero-order valence-corrected chi connectivity index (χ0v) is 11.4. The van der Waals surface area contributed by atoms with Crippen LogP contribution in [0.15, 0.2) is 65.7 Å². The highest BCUT2D eigenvalue weighted by Gasteiger charge is 2.02. The van der Waals surface area contributed by atoms with Crippen LogP contribution in [0.25, 0.3) is 10.9 Å². The lowest BCUT2D eigenvalue weighted by Crippen LogP contribution is -2.14. The molecule has 20 heavy (non-hydrogen) atoms. The fraction of sp³-hybridized carbons (Fsp3) is 0. The maximum absolute atomic E-state index is 6.01. The molecule has 1 heterocycles. The molecule has 0 amide bonds. The van der Waals surface area contributed by atoms with E-state index in [1.54, 1.807) is 12.1 Å². The van der Waals surface area contributed by atoms with Gasteiger partial charge in [-0.15, -0.1) is 0 Å². The van der Waals surface area contributed by atoms with Crippen LogP contribution < -0.4 is 5.73 Å². The number of pyridine rings is 1.